The van der Waals surface area contributed by atoms with Crippen molar-refractivity contribution in [3.63, 3.8) is 0 Å². The molecule has 0 aliphatic carbocycles. The number of hydrogen-bond acceptors (Lipinski definition) is 5. The number of aromatic nitrogens is 2. The van der Waals surface area contributed by atoms with Gasteiger partial charge in [-0.25, -0.2) is 4.98 Å². The van der Waals surface area contributed by atoms with Crippen LogP contribution in [-0.4, -0.2) is 9.38 Å². The highest BCUT2D eigenvalue weighted by Crippen LogP contribution is 2.33. The first-order chi connectivity index (χ1) is 12.3. The monoisotopic (exact) mass is 327 g/mol. The van der Waals surface area contributed by atoms with Crippen LogP contribution in [0.1, 0.15) is 11.3 Å². The molecule has 6 nitrogen and oxygen atoms in total. The molecule has 25 heavy (non-hydrogen) atoms. The van der Waals surface area contributed by atoms with Crippen LogP contribution in [-0.2, 0) is 0 Å². The summed E-state index contributed by atoms with van der Waals surface area (Å²) in [5, 5.41) is 17.9. The third-order valence-electron chi connectivity index (χ3n) is 3.85. The summed E-state index contributed by atoms with van der Waals surface area (Å²) in [6.45, 7) is 1.98. The van der Waals surface area contributed by atoms with Crippen molar-refractivity contribution < 1.29 is 4.42 Å². The molecule has 4 rings (SSSR count). The zero-order valence-electron chi connectivity index (χ0n) is 13.4. The normalized spacial score (nSPS) is 11.2. The second-order valence-corrected chi connectivity index (χ2v) is 5.45. The topological polar surface area (TPSA) is 78.9 Å². The zero-order chi connectivity index (χ0) is 17.2. The first-order valence-corrected chi connectivity index (χ1v) is 7.71. The lowest BCUT2D eigenvalue weighted by molar-refractivity contribution is 0.580. The van der Waals surface area contributed by atoms with Gasteiger partial charge in [-0.2, -0.15) is 5.26 Å². The van der Waals surface area contributed by atoms with Gasteiger partial charge in [-0.1, -0.05) is 18.2 Å². The van der Waals surface area contributed by atoms with Gasteiger partial charge in [0.05, 0.1) is 11.8 Å². The third kappa shape index (κ3) is 2.58. The minimum absolute atomic E-state index is 0.469. The highest BCUT2D eigenvalue weighted by molar-refractivity contribution is 5.71. The summed E-state index contributed by atoms with van der Waals surface area (Å²) in [7, 11) is 0. The van der Waals surface area contributed by atoms with Gasteiger partial charge in [0.15, 0.2) is 17.3 Å². The van der Waals surface area contributed by atoms with Crippen LogP contribution in [0.4, 0.5) is 11.5 Å². The molecule has 0 atom stereocenters. The minimum atomic E-state index is 0.469. The molecule has 0 aliphatic rings. The van der Waals surface area contributed by atoms with Crippen LogP contribution in [0.5, 0.6) is 0 Å². The molecule has 4 aromatic rings. The van der Waals surface area contributed by atoms with E-state index in [1.165, 1.54) is 0 Å². The van der Waals surface area contributed by atoms with Gasteiger partial charge in [-0.3, -0.25) is 4.40 Å². The van der Waals surface area contributed by atoms with Crippen molar-refractivity contribution in [3.8, 4) is 17.5 Å². The van der Waals surface area contributed by atoms with E-state index in [0.717, 1.165) is 11.3 Å². The fourth-order valence-electron chi connectivity index (χ4n) is 2.66. The van der Waals surface area contributed by atoms with Crippen LogP contribution in [0.25, 0.3) is 17.1 Å². The predicted molar refractivity (Wildman–Crippen MR) is 93.0 cm³/mol. The largest absolute Gasteiger partial charge is 0.463 e. The SMILES string of the molecule is Cc1cccc2nc(-c3ccco3)c(N=Nc3ccccc3C#N)n12. The van der Waals surface area contributed by atoms with E-state index in [1.54, 1.807) is 30.5 Å². The number of fused-ring (bicyclic) bond motifs is 1. The van der Waals surface area contributed by atoms with E-state index < -0.39 is 0 Å². The minimum Gasteiger partial charge on any atom is -0.463 e. The summed E-state index contributed by atoms with van der Waals surface area (Å²) in [5.41, 5.74) is 3.33. The number of azo groups is 1. The number of nitriles is 1. The number of rotatable bonds is 3. The second-order valence-electron chi connectivity index (χ2n) is 5.45. The molecule has 0 spiro atoms. The van der Waals surface area contributed by atoms with Crippen LogP contribution in [0.2, 0.25) is 0 Å². The van der Waals surface area contributed by atoms with Gasteiger partial charge >= 0.3 is 0 Å². The Labute approximate surface area is 143 Å². The predicted octanol–water partition coefficient (Wildman–Crippen LogP) is 5.19. The number of aryl methyl sites for hydroxylation is 1. The van der Waals surface area contributed by atoms with Gasteiger partial charge < -0.3 is 4.42 Å². The number of benzene rings is 1. The maximum Gasteiger partial charge on any atom is 0.191 e. The van der Waals surface area contributed by atoms with E-state index >= 15 is 0 Å². The first kappa shape index (κ1) is 14.8. The smallest absolute Gasteiger partial charge is 0.191 e. The Kier molecular flexibility index (Phi) is 3.60. The lowest BCUT2D eigenvalue weighted by Gasteiger charge is -2.01. The van der Waals surface area contributed by atoms with Crippen molar-refractivity contribution in [1.29, 1.82) is 5.26 Å². The summed E-state index contributed by atoms with van der Waals surface area (Å²) in [5.74, 6) is 1.18. The van der Waals surface area contributed by atoms with Crippen LogP contribution in [0, 0.1) is 18.3 Å². The number of imidazole rings is 1. The van der Waals surface area contributed by atoms with Gasteiger partial charge in [-0.15, -0.1) is 10.2 Å². The molecule has 0 saturated heterocycles. The number of nitrogens with zero attached hydrogens (tertiary/aromatic N) is 5. The standard InChI is InChI=1S/C19H13N5O/c1-13-6-4-10-17-21-18(16-9-5-11-25-16)19(24(13)17)23-22-15-8-3-2-7-14(15)12-20/h2-11H,1H3. The highest BCUT2D eigenvalue weighted by Gasteiger charge is 2.17. The Morgan fingerprint density at radius 2 is 1.92 bits per heavy atom. The van der Waals surface area contributed by atoms with Crippen molar-refractivity contribution in [2.75, 3.05) is 0 Å². The van der Waals surface area contributed by atoms with E-state index in [0.29, 0.717) is 28.5 Å². The summed E-state index contributed by atoms with van der Waals surface area (Å²) < 4.78 is 7.41. The molecule has 0 radical (unpaired) electrons. The lowest BCUT2D eigenvalue weighted by atomic mass is 10.2. The molecule has 120 valence electrons. The van der Waals surface area contributed by atoms with Gasteiger partial charge in [0.1, 0.15) is 17.4 Å². The van der Waals surface area contributed by atoms with Crippen LogP contribution >= 0.6 is 0 Å². The maximum atomic E-state index is 9.21. The van der Waals surface area contributed by atoms with Gasteiger partial charge in [0, 0.05) is 5.69 Å². The summed E-state index contributed by atoms with van der Waals surface area (Å²) in [6, 6.07) is 18.7. The van der Waals surface area contributed by atoms with E-state index in [2.05, 4.69) is 21.3 Å². The maximum absolute atomic E-state index is 9.21. The highest BCUT2D eigenvalue weighted by atomic mass is 16.3. The fourth-order valence-corrected chi connectivity index (χ4v) is 2.66. The molecule has 0 unspecified atom stereocenters. The Morgan fingerprint density at radius 3 is 2.72 bits per heavy atom. The van der Waals surface area contributed by atoms with Crippen LogP contribution in [0.3, 0.4) is 0 Å². The molecular formula is C19H13N5O. The van der Waals surface area contributed by atoms with Crippen LogP contribution < -0.4 is 0 Å². The lowest BCUT2D eigenvalue weighted by Crippen LogP contribution is -1.89. The molecule has 6 heteroatoms. The van der Waals surface area contributed by atoms with Gasteiger partial charge in [0.2, 0.25) is 0 Å². The fraction of sp³-hybridized carbons (Fsp3) is 0.0526. The van der Waals surface area contributed by atoms with Crippen molar-refractivity contribution in [2.45, 2.75) is 6.92 Å². The molecule has 0 N–H and O–H groups in total. The quantitative estimate of drug-likeness (QED) is 0.486. The Hall–Kier alpha value is -3.72. The van der Waals surface area contributed by atoms with Crippen molar-refractivity contribution in [2.24, 2.45) is 10.2 Å². The number of furan rings is 1. The van der Waals surface area contributed by atoms with Crippen molar-refractivity contribution in [3.05, 3.63) is 72.1 Å². The Balaban J connectivity index is 1.93. The summed E-state index contributed by atoms with van der Waals surface area (Å²) in [6.07, 6.45) is 1.60. The molecule has 0 bridgehead atoms. The van der Waals surface area contributed by atoms with E-state index in [9.17, 15) is 5.26 Å². The van der Waals surface area contributed by atoms with E-state index in [4.69, 9.17) is 4.42 Å². The first-order valence-electron chi connectivity index (χ1n) is 7.71. The Morgan fingerprint density at radius 1 is 1.04 bits per heavy atom. The third-order valence-corrected chi connectivity index (χ3v) is 3.85. The van der Waals surface area contributed by atoms with Crippen molar-refractivity contribution in [1.82, 2.24) is 9.38 Å². The molecule has 3 heterocycles. The van der Waals surface area contributed by atoms with Crippen molar-refractivity contribution >= 4 is 17.2 Å². The molecule has 3 aromatic heterocycles. The molecule has 0 aliphatic heterocycles. The number of pyridine rings is 1. The van der Waals surface area contributed by atoms with Crippen LogP contribution in [0.15, 0.2) is 75.5 Å². The molecule has 1 aromatic carbocycles. The second kappa shape index (κ2) is 6.06. The summed E-state index contributed by atoms with van der Waals surface area (Å²) in [4.78, 5) is 4.62. The van der Waals surface area contributed by atoms with Gasteiger partial charge in [0.25, 0.3) is 0 Å². The van der Waals surface area contributed by atoms with E-state index in [1.807, 2.05) is 41.7 Å². The molecule has 0 saturated carbocycles. The Bertz CT molecular complexity index is 1120. The molecule has 0 fully saturated rings. The molecular weight excluding hydrogens is 314 g/mol. The molecule has 0 amide bonds. The zero-order valence-corrected chi connectivity index (χ0v) is 13.4. The van der Waals surface area contributed by atoms with Gasteiger partial charge in [-0.05, 0) is 43.3 Å². The van der Waals surface area contributed by atoms with E-state index in [-0.39, 0.29) is 0 Å². The number of hydrogen-bond donors (Lipinski definition) is 0. The summed E-state index contributed by atoms with van der Waals surface area (Å²) >= 11 is 0. The average molecular weight is 327 g/mol. The average Bonchev–Trinajstić information content (AvgIpc) is 3.28.